The Morgan fingerprint density at radius 1 is 1.38 bits per heavy atom. The third-order valence-corrected chi connectivity index (χ3v) is 3.20. The van der Waals surface area contributed by atoms with Gasteiger partial charge < -0.3 is 11.1 Å². The first-order valence-corrected chi connectivity index (χ1v) is 5.81. The molecular weight excluding hydrogens is 222 g/mol. The fourth-order valence-electron chi connectivity index (χ4n) is 1.27. The molecule has 1 atom stereocenters. The molecule has 3 N–H and O–H groups in total. The number of hydrogen-bond acceptors (Lipinski definition) is 6. The van der Waals surface area contributed by atoms with Crippen molar-refractivity contribution in [3.05, 3.63) is 28.2 Å². The number of nitrogens with two attached hydrogens (primary N) is 1. The molecular formula is C10H13N5S. The van der Waals surface area contributed by atoms with E-state index in [9.17, 15) is 0 Å². The van der Waals surface area contributed by atoms with E-state index in [1.807, 2.05) is 19.2 Å². The fraction of sp³-hybridized carbons (Fsp3) is 0.300. The van der Waals surface area contributed by atoms with Gasteiger partial charge in [-0.3, -0.25) is 0 Å². The predicted octanol–water partition coefficient (Wildman–Crippen LogP) is 2.00. The Labute approximate surface area is 97.7 Å². The molecule has 0 aromatic carbocycles. The van der Waals surface area contributed by atoms with Crippen molar-refractivity contribution in [2.75, 3.05) is 11.1 Å². The molecule has 0 radical (unpaired) electrons. The van der Waals surface area contributed by atoms with Crippen molar-refractivity contribution in [1.29, 1.82) is 0 Å². The van der Waals surface area contributed by atoms with Crippen LogP contribution in [0, 0.1) is 6.92 Å². The number of nitrogens with one attached hydrogen (secondary N) is 1. The molecule has 2 aromatic rings. The van der Waals surface area contributed by atoms with Gasteiger partial charge >= 0.3 is 0 Å². The molecule has 0 aliphatic heterocycles. The molecule has 5 nitrogen and oxygen atoms in total. The molecule has 2 aromatic heterocycles. The van der Waals surface area contributed by atoms with Crippen molar-refractivity contribution < 1.29 is 0 Å². The van der Waals surface area contributed by atoms with Gasteiger partial charge in [0.15, 0.2) is 0 Å². The maximum atomic E-state index is 5.46. The van der Waals surface area contributed by atoms with Crippen LogP contribution in [0.25, 0.3) is 0 Å². The topological polar surface area (TPSA) is 76.7 Å². The molecule has 2 heterocycles. The van der Waals surface area contributed by atoms with Gasteiger partial charge in [-0.2, -0.15) is 0 Å². The van der Waals surface area contributed by atoms with E-state index in [-0.39, 0.29) is 6.04 Å². The molecule has 84 valence electrons. The smallest absolute Gasteiger partial charge is 0.149 e. The van der Waals surface area contributed by atoms with E-state index in [0.29, 0.717) is 11.6 Å². The van der Waals surface area contributed by atoms with E-state index in [4.69, 9.17) is 5.73 Å². The van der Waals surface area contributed by atoms with Crippen LogP contribution in [0.2, 0.25) is 0 Å². The maximum absolute atomic E-state index is 5.46. The summed E-state index contributed by atoms with van der Waals surface area (Å²) in [6.45, 7) is 4.02. The van der Waals surface area contributed by atoms with Crippen molar-refractivity contribution in [2.45, 2.75) is 19.9 Å². The molecule has 16 heavy (non-hydrogen) atoms. The van der Waals surface area contributed by atoms with Crippen LogP contribution in [0.3, 0.4) is 0 Å². The van der Waals surface area contributed by atoms with Gasteiger partial charge in [0.1, 0.15) is 16.6 Å². The Morgan fingerprint density at radius 3 is 2.75 bits per heavy atom. The van der Waals surface area contributed by atoms with Crippen LogP contribution >= 0.6 is 11.3 Å². The van der Waals surface area contributed by atoms with Gasteiger partial charge in [-0.15, -0.1) is 21.5 Å². The van der Waals surface area contributed by atoms with Gasteiger partial charge in [0.25, 0.3) is 0 Å². The van der Waals surface area contributed by atoms with Crippen molar-refractivity contribution in [3.63, 3.8) is 0 Å². The fourth-order valence-corrected chi connectivity index (χ4v) is 2.08. The third kappa shape index (κ3) is 2.46. The number of aromatic nitrogens is 3. The SMILES string of the molecule is Cc1csc(C(C)Nc2ccc(N)nn2)n1. The van der Waals surface area contributed by atoms with E-state index in [2.05, 4.69) is 20.5 Å². The van der Waals surface area contributed by atoms with Gasteiger partial charge in [0.05, 0.1) is 6.04 Å². The van der Waals surface area contributed by atoms with Crippen molar-refractivity contribution in [3.8, 4) is 0 Å². The lowest BCUT2D eigenvalue weighted by Crippen LogP contribution is -2.08. The van der Waals surface area contributed by atoms with E-state index in [0.717, 1.165) is 10.7 Å². The summed E-state index contributed by atoms with van der Waals surface area (Å²) in [5, 5.41) is 14.0. The summed E-state index contributed by atoms with van der Waals surface area (Å²) >= 11 is 1.63. The third-order valence-electron chi connectivity index (χ3n) is 2.06. The summed E-state index contributed by atoms with van der Waals surface area (Å²) in [7, 11) is 0. The summed E-state index contributed by atoms with van der Waals surface area (Å²) < 4.78 is 0. The largest absolute Gasteiger partial charge is 0.382 e. The second kappa shape index (κ2) is 4.44. The lowest BCUT2D eigenvalue weighted by molar-refractivity contribution is 0.845. The zero-order chi connectivity index (χ0) is 11.5. The summed E-state index contributed by atoms with van der Waals surface area (Å²) in [6, 6.07) is 3.64. The number of nitrogen functional groups attached to an aromatic ring is 1. The van der Waals surface area contributed by atoms with E-state index in [1.54, 1.807) is 23.5 Å². The second-order valence-electron chi connectivity index (χ2n) is 3.54. The first-order valence-electron chi connectivity index (χ1n) is 4.93. The average molecular weight is 235 g/mol. The summed E-state index contributed by atoms with van der Waals surface area (Å²) in [5.74, 6) is 1.12. The first-order chi connectivity index (χ1) is 7.65. The Hall–Kier alpha value is -1.69. The summed E-state index contributed by atoms with van der Waals surface area (Å²) in [6.07, 6.45) is 0. The molecule has 0 aliphatic rings. The molecule has 0 spiro atoms. The lowest BCUT2D eigenvalue weighted by Gasteiger charge is -2.10. The van der Waals surface area contributed by atoms with Gasteiger partial charge in [-0.1, -0.05) is 0 Å². The summed E-state index contributed by atoms with van der Waals surface area (Å²) in [5.41, 5.74) is 6.50. The molecule has 1 unspecified atom stereocenters. The van der Waals surface area contributed by atoms with Gasteiger partial charge in [-0.05, 0) is 26.0 Å². The van der Waals surface area contributed by atoms with Crippen molar-refractivity contribution >= 4 is 23.0 Å². The Balaban J connectivity index is 2.07. The monoisotopic (exact) mass is 235 g/mol. The number of rotatable bonds is 3. The van der Waals surface area contributed by atoms with E-state index >= 15 is 0 Å². The minimum Gasteiger partial charge on any atom is -0.382 e. The van der Waals surface area contributed by atoms with Crippen molar-refractivity contribution in [1.82, 2.24) is 15.2 Å². The maximum Gasteiger partial charge on any atom is 0.149 e. The molecule has 0 saturated heterocycles. The van der Waals surface area contributed by atoms with Gasteiger partial charge in [-0.25, -0.2) is 4.98 Å². The van der Waals surface area contributed by atoms with Crippen LogP contribution in [0.4, 0.5) is 11.6 Å². The van der Waals surface area contributed by atoms with Crippen LogP contribution in [0.5, 0.6) is 0 Å². The number of hydrogen-bond donors (Lipinski definition) is 2. The number of thiazole rings is 1. The highest BCUT2D eigenvalue weighted by atomic mass is 32.1. The quantitative estimate of drug-likeness (QED) is 0.850. The van der Waals surface area contributed by atoms with Crippen LogP contribution in [-0.4, -0.2) is 15.2 Å². The second-order valence-corrected chi connectivity index (χ2v) is 4.43. The van der Waals surface area contributed by atoms with Crippen LogP contribution < -0.4 is 11.1 Å². The molecule has 2 rings (SSSR count). The van der Waals surface area contributed by atoms with Crippen LogP contribution in [-0.2, 0) is 0 Å². The highest BCUT2D eigenvalue weighted by molar-refractivity contribution is 7.09. The Morgan fingerprint density at radius 2 is 2.19 bits per heavy atom. The molecule has 0 amide bonds. The molecule has 0 fully saturated rings. The minimum atomic E-state index is 0.122. The zero-order valence-electron chi connectivity index (χ0n) is 9.14. The average Bonchev–Trinajstić information content (AvgIpc) is 2.68. The lowest BCUT2D eigenvalue weighted by atomic mass is 10.3. The van der Waals surface area contributed by atoms with Crippen LogP contribution in [0.1, 0.15) is 23.7 Å². The summed E-state index contributed by atoms with van der Waals surface area (Å²) in [4.78, 5) is 4.41. The van der Waals surface area contributed by atoms with Gasteiger partial charge in [0, 0.05) is 11.1 Å². The zero-order valence-corrected chi connectivity index (χ0v) is 9.95. The number of aryl methyl sites for hydroxylation is 1. The van der Waals surface area contributed by atoms with E-state index < -0.39 is 0 Å². The standard InChI is InChI=1S/C10H13N5S/c1-6-5-16-10(12-6)7(2)13-9-4-3-8(11)14-15-9/h3-5,7H,1-2H3,(H2,11,14)(H,13,15). The first kappa shape index (κ1) is 10.8. The van der Waals surface area contributed by atoms with Crippen molar-refractivity contribution in [2.24, 2.45) is 0 Å². The highest BCUT2D eigenvalue weighted by Gasteiger charge is 2.09. The van der Waals surface area contributed by atoms with Crippen LogP contribution in [0.15, 0.2) is 17.5 Å². The number of nitrogens with zero attached hydrogens (tertiary/aromatic N) is 3. The highest BCUT2D eigenvalue weighted by Crippen LogP contribution is 2.20. The Kier molecular flexibility index (Phi) is 3.00. The van der Waals surface area contributed by atoms with Gasteiger partial charge in [0.2, 0.25) is 0 Å². The molecule has 6 heteroatoms. The molecule has 0 aliphatic carbocycles. The Bertz CT molecular complexity index is 464. The van der Waals surface area contributed by atoms with E-state index in [1.165, 1.54) is 0 Å². The normalized spacial score (nSPS) is 12.4. The number of anilines is 2. The predicted molar refractivity (Wildman–Crippen MR) is 65.3 cm³/mol. The molecule has 0 bridgehead atoms. The molecule has 0 saturated carbocycles. The minimum absolute atomic E-state index is 0.122.